The van der Waals surface area contributed by atoms with Gasteiger partial charge in [0.1, 0.15) is 0 Å². The van der Waals surface area contributed by atoms with Crippen LogP contribution in [0.5, 0.6) is 0 Å². The molecule has 0 unspecified atom stereocenters. The summed E-state index contributed by atoms with van der Waals surface area (Å²) >= 11 is 0. The number of nitrogens with zero attached hydrogens (tertiary/aromatic N) is 2. The number of rotatable bonds is 5. The van der Waals surface area contributed by atoms with E-state index in [0.717, 1.165) is 23.5 Å². The number of aromatic nitrogens is 2. The first-order chi connectivity index (χ1) is 9.58. The maximum absolute atomic E-state index is 5.55. The molecule has 106 valence electrons. The van der Waals surface area contributed by atoms with Gasteiger partial charge in [-0.15, -0.1) is 0 Å². The van der Waals surface area contributed by atoms with Crippen LogP contribution in [0.4, 0.5) is 11.6 Å². The molecule has 2 aromatic rings. The van der Waals surface area contributed by atoms with Crippen LogP contribution in [0, 0.1) is 6.92 Å². The average molecular weight is 270 g/mol. The number of hydrogen-bond acceptors (Lipinski definition) is 4. The molecule has 4 heteroatoms. The van der Waals surface area contributed by atoms with Gasteiger partial charge in [-0.3, -0.25) is 0 Å². The maximum Gasteiger partial charge on any atom is 0.227 e. The van der Waals surface area contributed by atoms with Crippen LogP contribution in [0.15, 0.2) is 30.3 Å². The van der Waals surface area contributed by atoms with Gasteiger partial charge in [0.05, 0.1) is 0 Å². The van der Waals surface area contributed by atoms with Gasteiger partial charge in [0.2, 0.25) is 5.95 Å². The molecule has 0 aliphatic rings. The summed E-state index contributed by atoms with van der Waals surface area (Å²) in [5.41, 5.74) is 9.81. The van der Waals surface area contributed by atoms with Crippen LogP contribution in [0.2, 0.25) is 0 Å². The van der Waals surface area contributed by atoms with Gasteiger partial charge < -0.3 is 11.1 Å². The third-order valence-corrected chi connectivity index (χ3v) is 3.11. The summed E-state index contributed by atoms with van der Waals surface area (Å²) < 4.78 is 0. The molecule has 4 nitrogen and oxygen atoms in total. The Balaban J connectivity index is 2.16. The van der Waals surface area contributed by atoms with E-state index in [2.05, 4.69) is 41.3 Å². The quantitative estimate of drug-likeness (QED) is 0.876. The Morgan fingerprint density at radius 1 is 1.15 bits per heavy atom. The predicted molar refractivity (Wildman–Crippen MR) is 83.3 cm³/mol. The number of hydrogen-bond donors (Lipinski definition) is 2. The molecule has 0 saturated carbocycles. The van der Waals surface area contributed by atoms with E-state index in [9.17, 15) is 0 Å². The molecule has 0 saturated heterocycles. The number of nitrogens with one attached hydrogen (secondary N) is 1. The molecule has 0 bridgehead atoms. The van der Waals surface area contributed by atoms with Crippen LogP contribution < -0.4 is 11.1 Å². The van der Waals surface area contributed by atoms with E-state index in [-0.39, 0.29) is 0 Å². The minimum Gasteiger partial charge on any atom is -0.330 e. The van der Waals surface area contributed by atoms with Gasteiger partial charge in [0.25, 0.3) is 0 Å². The monoisotopic (exact) mass is 270 g/mol. The second-order valence-electron chi connectivity index (χ2n) is 5.27. The summed E-state index contributed by atoms with van der Waals surface area (Å²) in [5, 5.41) is 3.26. The molecular weight excluding hydrogens is 248 g/mol. The summed E-state index contributed by atoms with van der Waals surface area (Å²) in [6.45, 7) is 6.93. The Morgan fingerprint density at radius 2 is 1.85 bits per heavy atom. The van der Waals surface area contributed by atoms with Gasteiger partial charge in [-0.05, 0) is 49.6 Å². The minimum atomic E-state index is 0.393. The number of benzene rings is 1. The van der Waals surface area contributed by atoms with E-state index in [1.165, 1.54) is 5.56 Å². The van der Waals surface area contributed by atoms with Crippen LogP contribution in [-0.4, -0.2) is 16.5 Å². The largest absolute Gasteiger partial charge is 0.330 e. The molecule has 2 rings (SSSR count). The van der Waals surface area contributed by atoms with E-state index >= 15 is 0 Å². The zero-order chi connectivity index (χ0) is 14.5. The van der Waals surface area contributed by atoms with Crippen molar-refractivity contribution < 1.29 is 0 Å². The highest BCUT2D eigenvalue weighted by Crippen LogP contribution is 2.18. The van der Waals surface area contributed by atoms with Gasteiger partial charge in [0.15, 0.2) is 0 Å². The molecule has 1 heterocycles. The van der Waals surface area contributed by atoms with Gasteiger partial charge in [-0.1, -0.05) is 26.0 Å². The minimum absolute atomic E-state index is 0.393. The summed E-state index contributed by atoms with van der Waals surface area (Å²) in [6, 6.07) is 10.3. The van der Waals surface area contributed by atoms with Crippen molar-refractivity contribution in [1.82, 2.24) is 9.97 Å². The number of aryl methyl sites for hydroxylation is 1. The number of nitrogens with two attached hydrogens (primary N) is 1. The lowest BCUT2D eigenvalue weighted by Crippen LogP contribution is -2.04. The Hall–Kier alpha value is -1.94. The molecule has 1 aromatic heterocycles. The fraction of sp³-hybridized carbons (Fsp3) is 0.375. The molecule has 0 spiro atoms. The standard InChI is InChI=1S/C16H22N4/c1-11(2)15-10-12(3)18-16(20-15)19-14-6-4-13(5-7-14)8-9-17/h4-7,10-11H,8-9,17H2,1-3H3,(H,18,19,20). The van der Waals surface area contributed by atoms with Gasteiger partial charge in [-0.2, -0.15) is 0 Å². The zero-order valence-corrected chi connectivity index (χ0v) is 12.4. The van der Waals surface area contributed by atoms with E-state index in [1.54, 1.807) is 0 Å². The summed E-state index contributed by atoms with van der Waals surface area (Å²) in [4.78, 5) is 8.97. The van der Waals surface area contributed by atoms with Crippen LogP contribution in [0.1, 0.15) is 36.7 Å². The van der Waals surface area contributed by atoms with Crippen LogP contribution in [-0.2, 0) is 6.42 Å². The highest BCUT2D eigenvalue weighted by atomic mass is 15.1. The summed E-state index contributed by atoms with van der Waals surface area (Å²) in [7, 11) is 0. The molecule has 3 N–H and O–H groups in total. The average Bonchev–Trinajstić information content (AvgIpc) is 2.40. The fourth-order valence-electron chi connectivity index (χ4n) is 2.00. The highest BCUT2D eigenvalue weighted by Gasteiger charge is 2.06. The summed E-state index contributed by atoms with van der Waals surface area (Å²) in [6.07, 6.45) is 0.902. The second kappa shape index (κ2) is 6.48. The molecule has 0 fully saturated rings. The van der Waals surface area contributed by atoms with E-state index in [4.69, 9.17) is 5.73 Å². The van der Waals surface area contributed by atoms with E-state index in [0.29, 0.717) is 18.4 Å². The van der Waals surface area contributed by atoms with Crippen molar-refractivity contribution in [3.05, 3.63) is 47.3 Å². The lowest BCUT2D eigenvalue weighted by atomic mass is 10.1. The predicted octanol–water partition coefficient (Wildman–Crippen LogP) is 3.15. The topological polar surface area (TPSA) is 63.8 Å². The van der Waals surface area contributed by atoms with Crippen molar-refractivity contribution in [2.24, 2.45) is 5.73 Å². The zero-order valence-electron chi connectivity index (χ0n) is 12.4. The normalized spacial score (nSPS) is 10.8. The van der Waals surface area contributed by atoms with Gasteiger partial charge >= 0.3 is 0 Å². The fourth-order valence-corrected chi connectivity index (χ4v) is 2.00. The first kappa shape index (κ1) is 14.5. The Kier molecular flexibility index (Phi) is 4.69. The van der Waals surface area contributed by atoms with Crippen molar-refractivity contribution in [2.45, 2.75) is 33.1 Å². The van der Waals surface area contributed by atoms with Crippen LogP contribution >= 0.6 is 0 Å². The SMILES string of the molecule is Cc1cc(C(C)C)nc(Nc2ccc(CCN)cc2)n1. The Morgan fingerprint density at radius 3 is 2.45 bits per heavy atom. The second-order valence-corrected chi connectivity index (χ2v) is 5.27. The maximum atomic E-state index is 5.55. The molecule has 0 radical (unpaired) electrons. The van der Waals surface area contributed by atoms with Crippen LogP contribution in [0.25, 0.3) is 0 Å². The first-order valence-electron chi connectivity index (χ1n) is 7.00. The van der Waals surface area contributed by atoms with Crippen LogP contribution in [0.3, 0.4) is 0 Å². The summed E-state index contributed by atoms with van der Waals surface area (Å²) in [5.74, 6) is 1.05. The lowest BCUT2D eigenvalue weighted by molar-refractivity contribution is 0.812. The van der Waals surface area contributed by atoms with Crippen molar-refractivity contribution in [1.29, 1.82) is 0 Å². The molecule has 0 amide bonds. The lowest BCUT2D eigenvalue weighted by Gasteiger charge is -2.10. The first-order valence-corrected chi connectivity index (χ1v) is 7.00. The molecule has 1 aromatic carbocycles. The van der Waals surface area contributed by atoms with Gasteiger partial charge in [-0.25, -0.2) is 9.97 Å². The smallest absolute Gasteiger partial charge is 0.227 e. The van der Waals surface area contributed by atoms with E-state index < -0.39 is 0 Å². The molecular formula is C16H22N4. The third-order valence-electron chi connectivity index (χ3n) is 3.11. The molecule has 0 aliphatic heterocycles. The molecule has 20 heavy (non-hydrogen) atoms. The van der Waals surface area contributed by atoms with E-state index in [1.807, 2.05) is 25.1 Å². The molecule has 0 atom stereocenters. The Bertz CT molecular complexity index is 561. The molecule has 0 aliphatic carbocycles. The third kappa shape index (κ3) is 3.78. The Labute approximate surface area is 120 Å². The highest BCUT2D eigenvalue weighted by molar-refractivity contribution is 5.54. The van der Waals surface area contributed by atoms with Gasteiger partial charge in [0, 0.05) is 17.1 Å². The van der Waals surface area contributed by atoms with Crippen molar-refractivity contribution in [3.8, 4) is 0 Å². The van der Waals surface area contributed by atoms with Crippen molar-refractivity contribution >= 4 is 11.6 Å². The van der Waals surface area contributed by atoms with Crippen molar-refractivity contribution in [3.63, 3.8) is 0 Å². The van der Waals surface area contributed by atoms with Crippen molar-refractivity contribution in [2.75, 3.05) is 11.9 Å². The number of anilines is 2.